The van der Waals surface area contributed by atoms with Crippen LogP contribution in [0.2, 0.25) is 19.6 Å². The van der Waals surface area contributed by atoms with Gasteiger partial charge in [-0.2, -0.15) is 15.8 Å². The van der Waals surface area contributed by atoms with E-state index in [1.54, 1.807) is 6.07 Å². The molecule has 4 rings (SSSR count). The number of alkyl halides is 1. The first kappa shape index (κ1) is 36.0. The minimum atomic E-state index is -1.92. The molecule has 0 heterocycles. The highest BCUT2D eigenvalue weighted by molar-refractivity contribution is 8.04. The Kier molecular flexibility index (Phi) is 16.9. The number of rotatable bonds is 7. The third-order valence-corrected chi connectivity index (χ3v) is 18.5. The predicted molar refractivity (Wildman–Crippen MR) is 179 cm³/mol. The van der Waals surface area contributed by atoms with Crippen molar-refractivity contribution in [2.24, 2.45) is 0 Å². The van der Waals surface area contributed by atoms with E-state index in [9.17, 15) is 10.5 Å². The molecule has 0 amide bonds. The Morgan fingerprint density at radius 3 is 1.12 bits per heavy atom. The maximum atomic E-state index is 9.22. The lowest BCUT2D eigenvalue weighted by Crippen LogP contribution is -3.00. The molecule has 0 aliphatic heterocycles. The summed E-state index contributed by atoms with van der Waals surface area (Å²) in [6.45, 7) is 7.41. The number of benzene rings is 4. The Morgan fingerprint density at radius 1 is 0.585 bits per heavy atom. The van der Waals surface area contributed by atoms with E-state index in [1.807, 2.05) is 60.7 Å². The van der Waals surface area contributed by atoms with E-state index >= 15 is 0 Å². The highest BCUT2D eigenvalue weighted by atomic mass is 35.5. The monoisotopic (exact) mass is 633 g/mol. The Bertz CT molecular complexity index is 1300. The van der Waals surface area contributed by atoms with Gasteiger partial charge in [-0.3, -0.25) is 0 Å². The molecule has 0 unspecified atom stereocenters. The van der Waals surface area contributed by atoms with Gasteiger partial charge in [-0.1, -0.05) is 124 Å². The van der Waals surface area contributed by atoms with Crippen LogP contribution < -0.4 is 33.6 Å². The van der Waals surface area contributed by atoms with Crippen molar-refractivity contribution in [3.8, 4) is 18.2 Å². The van der Waals surface area contributed by atoms with E-state index in [0.29, 0.717) is 12.3 Å². The normalized spacial score (nSPS) is 10.2. The molecule has 41 heavy (non-hydrogen) atoms. The second-order valence-corrected chi connectivity index (χ2v) is 25.0. The fourth-order valence-corrected chi connectivity index (χ4v) is 15.8. The molecular weight excluding hydrogens is 599 g/mol. The van der Waals surface area contributed by atoms with Crippen molar-refractivity contribution < 1.29 is 12.4 Å². The molecule has 0 aliphatic carbocycles. The summed E-state index contributed by atoms with van der Waals surface area (Å²) in [6, 6.07) is 48.2. The summed E-state index contributed by atoms with van der Waals surface area (Å²) in [5.41, 5.74) is 0. The van der Waals surface area contributed by atoms with Gasteiger partial charge in [0.2, 0.25) is 0 Å². The van der Waals surface area contributed by atoms with Crippen molar-refractivity contribution in [3.63, 3.8) is 0 Å². The average molecular weight is 635 g/mol. The van der Waals surface area contributed by atoms with E-state index in [4.69, 9.17) is 16.9 Å². The summed E-state index contributed by atoms with van der Waals surface area (Å²) in [5, 5.41) is 31.2. The van der Waals surface area contributed by atoms with Gasteiger partial charge in [0.15, 0.2) is 12.3 Å². The zero-order chi connectivity index (χ0) is 29.3. The zero-order valence-electron chi connectivity index (χ0n) is 23.7. The SMILES string of the molecule is C[Si](C)(C)P(c1ccccc1)c1ccccc1.N#CCCl.N#CC[P+](CC#N)(c1ccccc1)c1ccccc1.[Cl-]. The van der Waals surface area contributed by atoms with Crippen molar-refractivity contribution in [3.05, 3.63) is 121 Å². The quantitative estimate of drug-likeness (QED) is 0.172. The van der Waals surface area contributed by atoms with Crippen molar-refractivity contribution >= 4 is 55.3 Å². The minimum absolute atomic E-state index is 0. The number of hydrogen-bond acceptors (Lipinski definition) is 3. The highest BCUT2D eigenvalue weighted by Crippen LogP contribution is 2.55. The second-order valence-electron chi connectivity index (χ2n) is 9.74. The summed E-state index contributed by atoms with van der Waals surface area (Å²) >= 11 is 4.82. The van der Waals surface area contributed by atoms with Gasteiger partial charge in [-0.05, 0) is 34.9 Å². The minimum Gasteiger partial charge on any atom is -1.00 e. The van der Waals surface area contributed by atoms with E-state index in [2.05, 4.69) is 92.4 Å². The maximum Gasteiger partial charge on any atom is 0.155 e. The van der Waals surface area contributed by atoms with Crippen LogP contribution in [-0.2, 0) is 0 Å². The Labute approximate surface area is 259 Å². The summed E-state index contributed by atoms with van der Waals surface area (Å²) < 4.78 is 0. The molecule has 4 aromatic carbocycles. The van der Waals surface area contributed by atoms with Crippen LogP contribution in [0.5, 0.6) is 0 Å². The fourth-order valence-electron chi connectivity index (χ4n) is 4.32. The first-order chi connectivity index (χ1) is 19.3. The molecule has 8 heteroatoms. The molecule has 0 spiro atoms. The molecule has 210 valence electrons. The van der Waals surface area contributed by atoms with Crippen LogP contribution in [-0.4, -0.2) is 25.9 Å². The van der Waals surface area contributed by atoms with Crippen molar-refractivity contribution in [1.29, 1.82) is 15.8 Å². The van der Waals surface area contributed by atoms with Gasteiger partial charge < -0.3 is 12.4 Å². The molecule has 0 aliphatic rings. The topological polar surface area (TPSA) is 71.4 Å². The van der Waals surface area contributed by atoms with Crippen LogP contribution >= 0.6 is 26.3 Å². The van der Waals surface area contributed by atoms with Crippen LogP contribution in [0.1, 0.15) is 0 Å². The zero-order valence-corrected chi connectivity index (χ0v) is 28.0. The summed E-state index contributed by atoms with van der Waals surface area (Å²) in [7, 11) is -3.28. The van der Waals surface area contributed by atoms with E-state index < -0.39 is 15.0 Å². The first-order valence-electron chi connectivity index (χ1n) is 12.9. The highest BCUT2D eigenvalue weighted by Gasteiger charge is 2.42. The molecular formula is C33H35Cl2N3P2Si. The third-order valence-electron chi connectivity index (χ3n) is 5.94. The lowest BCUT2D eigenvalue weighted by atomic mass is 10.4. The number of nitriles is 3. The van der Waals surface area contributed by atoms with Crippen molar-refractivity contribution in [2.45, 2.75) is 19.6 Å². The molecule has 0 saturated heterocycles. The Morgan fingerprint density at radius 2 is 0.878 bits per heavy atom. The molecule has 3 nitrogen and oxygen atoms in total. The smallest absolute Gasteiger partial charge is 0.155 e. The average Bonchev–Trinajstić information content (AvgIpc) is 2.99. The Hall–Kier alpha value is -2.99. The van der Waals surface area contributed by atoms with Gasteiger partial charge in [-0.25, -0.2) is 0 Å². The van der Waals surface area contributed by atoms with Crippen LogP contribution in [0.25, 0.3) is 0 Å². The van der Waals surface area contributed by atoms with Gasteiger partial charge in [0.05, 0.1) is 13.8 Å². The van der Waals surface area contributed by atoms with Crippen molar-refractivity contribution in [1.82, 2.24) is 0 Å². The maximum absolute atomic E-state index is 9.22. The lowest BCUT2D eigenvalue weighted by molar-refractivity contribution is -0.00000884. The van der Waals surface area contributed by atoms with E-state index in [-0.39, 0.29) is 25.8 Å². The predicted octanol–water partition coefficient (Wildman–Crippen LogP) is 4.41. The molecule has 0 N–H and O–H groups in total. The van der Waals surface area contributed by atoms with Crippen LogP contribution in [0.3, 0.4) is 0 Å². The molecule has 0 aromatic heterocycles. The second kappa shape index (κ2) is 19.2. The Balaban J connectivity index is 0.000000357. The summed E-state index contributed by atoms with van der Waals surface area (Å²) in [5.74, 6) is 0.0972. The molecule has 0 bridgehead atoms. The first-order valence-corrected chi connectivity index (χ1v) is 21.3. The van der Waals surface area contributed by atoms with Crippen LogP contribution in [0, 0.1) is 34.0 Å². The van der Waals surface area contributed by atoms with Crippen LogP contribution in [0.4, 0.5) is 0 Å². The lowest BCUT2D eigenvalue weighted by Gasteiger charge is -2.30. The van der Waals surface area contributed by atoms with E-state index in [0.717, 1.165) is 10.6 Å². The molecule has 0 radical (unpaired) electrons. The number of hydrogen-bond donors (Lipinski definition) is 0. The summed E-state index contributed by atoms with van der Waals surface area (Å²) in [6.07, 6.45) is 0.823. The fraction of sp³-hybridized carbons (Fsp3) is 0.182. The molecule has 0 fully saturated rings. The van der Waals surface area contributed by atoms with E-state index in [1.165, 1.54) is 10.6 Å². The van der Waals surface area contributed by atoms with Gasteiger partial charge in [-0.15, -0.1) is 11.6 Å². The van der Waals surface area contributed by atoms with Crippen LogP contribution in [0.15, 0.2) is 121 Å². The largest absolute Gasteiger partial charge is 1.00 e. The molecule has 4 aromatic rings. The number of nitrogens with zero attached hydrogens (tertiary/aromatic N) is 3. The van der Waals surface area contributed by atoms with Crippen molar-refractivity contribution in [2.75, 3.05) is 18.2 Å². The third kappa shape index (κ3) is 11.1. The molecule has 0 saturated carbocycles. The summed E-state index contributed by atoms with van der Waals surface area (Å²) in [4.78, 5) is 0. The number of halogens is 2. The van der Waals surface area contributed by atoms with Gasteiger partial charge in [0, 0.05) is 0 Å². The van der Waals surface area contributed by atoms with Gasteiger partial charge in [0.25, 0.3) is 0 Å². The van der Waals surface area contributed by atoms with Gasteiger partial charge in [0.1, 0.15) is 35.9 Å². The standard InChI is InChI=1S/C16H14N2P.C15H19PSi.C2H2ClN.ClH/c17-11-13-19(14-12-18,15-7-3-1-4-8-15)16-9-5-2-6-10-16;1-17(2,3)16(14-10-6-4-7-11-14)15-12-8-5-9-13-15;3-1-2-4;/h1-10H,13-14H2;4-13H,1-3H3;1H2;1H/q+1;;;/p-1. The molecule has 0 atom stereocenters. The van der Waals surface area contributed by atoms with Gasteiger partial charge >= 0.3 is 0 Å².